The summed E-state index contributed by atoms with van der Waals surface area (Å²) in [6, 6.07) is 8.08. The predicted molar refractivity (Wildman–Crippen MR) is 61.0 cm³/mol. The fourth-order valence-electron chi connectivity index (χ4n) is 1.42. The fraction of sp³-hybridized carbons (Fsp3) is 0. The molecule has 2 rings (SSSR count). The van der Waals surface area contributed by atoms with E-state index in [2.05, 4.69) is 0 Å². The molecule has 1 heterocycles. The van der Waals surface area contributed by atoms with Crippen molar-refractivity contribution in [3.05, 3.63) is 40.5 Å². The number of hydrogen-bond donors (Lipinski definition) is 0. The number of hydrogen-bond acceptors (Lipinski definition) is 3. The SMILES string of the molecule is N#CC(C#N)=Cc1cc(F)cc2ccsc12. The molecule has 4 heteroatoms. The summed E-state index contributed by atoms with van der Waals surface area (Å²) in [6.07, 6.45) is 1.40. The summed E-state index contributed by atoms with van der Waals surface area (Å²) in [4.78, 5) is 0. The molecule has 2 nitrogen and oxygen atoms in total. The number of allylic oxidation sites excluding steroid dienone is 1. The van der Waals surface area contributed by atoms with Crippen LogP contribution in [0.15, 0.2) is 29.2 Å². The van der Waals surface area contributed by atoms with Crippen molar-refractivity contribution < 1.29 is 4.39 Å². The van der Waals surface area contributed by atoms with Crippen LogP contribution in [0.25, 0.3) is 16.2 Å². The van der Waals surface area contributed by atoms with E-state index >= 15 is 0 Å². The summed E-state index contributed by atoms with van der Waals surface area (Å²) >= 11 is 1.46. The van der Waals surface area contributed by atoms with Crippen molar-refractivity contribution >= 4 is 27.5 Å². The van der Waals surface area contributed by atoms with E-state index < -0.39 is 0 Å². The molecule has 76 valence electrons. The van der Waals surface area contributed by atoms with Gasteiger partial charge in [-0.3, -0.25) is 0 Å². The van der Waals surface area contributed by atoms with E-state index in [4.69, 9.17) is 10.5 Å². The average molecular weight is 228 g/mol. The minimum absolute atomic E-state index is 0.0275. The van der Waals surface area contributed by atoms with E-state index in [0.717, 1.165) is 10.1 Å². The molecule has 0 N–H and O–H groups in total. The number of thiophene rings is 1. The van der Waals surface area contributed by atoms with Crippen molar-refractivity contribution in [1.29, 1.82) is 10.5 Å². The van der Waals surface area contributed by atoms with Crippen LogP contribution in [0.1, 0.15) is 5.56 Å². The second kappa shape index (κ2) is 4.14. The van der Waals surface area contributed by atoms with Crippen molar-refractivity contribution in [3.63, 3.8) is 0 Å². The Bertz CT molecular complexity index is 640. The maximum Gasteiger partial charge on any atom is 0.130 e. The molecule has 0 aliphatic heterocycles. The highest BCUT2D eigenvalue weighted by atomic mass is 32.1. The van der Waals surface area contributed by atoms with Crippen molar-refractivity contribution in [2.45, 2.75) is 0 Å². The Labute approximate surface area is 95.5 Å². The summed E-state index contributed by atoms with van der Waals surface area (Å²) in [5.74, 6) is -0.368. The highest BCUT2D eigenvalue weighted by Crippen LogP contribution is 2.27. The molecule has 0 radical (unpaired) electrons. The molecule has 0 saturated heterocycles. The Hall–Kier alpha value is -2.17. The Morgan fingerprint density at radius 1 is 1.31 bits per heavy atom. The minimum Gasteiger partial charge on any atom is -0.207 e. The van der Waals surface area contributed by atoms with Crippen LogP contribution in [-0.4, -0.2) is 0 Å². The lowest BCUT2D eigenvalue weighted by atomic mass is 10.1. The Balaban J connectivity index is 2.70. The average Bonchev–Trinajstić information content (AvgIpc) is 2.73. The van der Waals surface area contributed by atoms with Crippen LogP contribution < -0.4 is 0 Å². The maximum atomic E-state index is 13.2. The molecule has 0 unspecified atom stereocenters. The first-order valence-corrected chi connectivity index (χ1v) is 5.31. The summed E-state index contributed by atoms with van der Waals surface area (Å²) in [7, 11) is 0. The maximum absolute atomic E-state index is 13.2. The number of halogens is 1. The van der Waals surface area contributed by atoms with Crippen LogP contribution in [0.2, 0.25) is 0 Å². The Morgan fingerprint density at radius 2 is 2.06 bits per heavy atom. The van der Waals surface area contributed by atoms with Gasteiger partial charge in [0, 0.05) is 4.70 Å². The van der Waals surface area contributed by atoms with Crippen molar-refractivity contribution in [3.8, 4) is 12.1 Å². The predicted octanol–water partition coefficient (Wildman–Crippen LogP) is 3.47. The molecule has 0 bridgehead atoms. The van der Waals surface area contributed by atoms with Crippen molar-refractivity contribution in [2.75, 3.05) is 0 Å². The van der Waals surface area contributed by atoms with Gasteiger partial charge in [0.05, 0.1) is 0 Å². The zero-order chi connectivity index (χ0) is 11.5. The van der Waals surface area contributed by atoms with Gasteiger partial charge in [0.2, 0.25) is 0 Å². The monoisotopic (exact) mass is 228 g/mol. The van der Waals surface area contributed by atoms with E-state index in [1.807, 2.05) is 5.38 Å². The lowest BCUT2D eigenvalue weighted by Gasteiger charge is -1.97. The molecule has 0 fully saturated rings. The molecule has 1 aromatic heterocycles. The smallest absolute Gasteiger partial charge is 0.130 e. The zero-order valence-corrected chi connectivity index (χ0v) is 8.88. The lowest BCUT2D eigenvalue weighted by molar-refractivity contribution is 0.629. The second-order valence-corrected chi connectivity index (χ2v) is 4.03. The van der Waals surface area contributed by atoms with Crippen LogP contribution in [0, 0.1) is 28.5 Å². The van der Waals surface area contributed by atoms with Gasteiger partial charge in [-0.25, -0.2) is 4.39 Å². The molecule has 2 aromatic rings. The third kappa shape index (κ3) is 1.79. The van der Waals surface area contributed by atoms with Crippen LogP contribution >= 0.6 is 11.3 Å². The van der Waals surface area contributed by atoms with E-state index in [1.54, 1.807) is 18.2 Å². The highest BCUT2D eigenvalue weighted by Gasteiger charge is 2.04. The number of fused-ring (bicyclic) bond motifs is 1. The van der Waals surface area contributed by atoms with Gasteiger partial charge in [0.1, 0.15) is 23.5 Å². The third-order valence-corrected chi connectivity index (χ3v) is 3.06. The largest absolute Gasteiger partial charge is 0.207 e. The molecule has 1 aromatic carbocycles. The van der Waals surface area contributed by atoms with Gasteiger partial charge in [0.25, 0.3) is 0 Å². The fourth-order valence-corrected chi connectivity index (χ4v) is 2.29. The molecule has 0 aliphatic carbocycles. The van der Waals surface area contributed by atoms with Crippen LogP contribution in [0.4, 0.5) is 4.39 Å². The van der Waals surface area contributed by atoms with Gasteiger partial charge in [0.15, 0.2) is 0 Å². The molecular weight excluding hydrogens is 223 g/mol. The van der Waals surface area contributed by atoms with Crippen LogP contribution in [0.5, 0.6) is 0 Å². The highest BCUT2D eigenvalue weighted by molar-refractivity contribution is 7.17. The first-order chi connectivity index (χ1) is 7.74. The topological polar surface area (TPSA) is 47.6 Å². The van der Waals surface area contributed by atoms with Crippen molar-refractivity contribution in [1.82, 2.24) is 0 Å². The summed E-state index contributed by atoms with van der Waals surface area (Å²) in [5, 5.41) is 19.9. The molecule has 0 amide bonds. The Morgan fingerprint density at radius 3 is 2.75 bits per heavy atom. The standard InChI is InChI=1S/C12H5FN2S/c13-11-4-9-1-2-16-12(9)10(5-11)3-8(6-14)7-15/h1-5H. The van der Waals surface area contributed by atoms with Crippen molar-refractivity contribution in [2.24, 2.45) is 0 Å². The zero-order valence-electron chi connectivity index (χ0n) is 8.07. The summed E-state index contributed by atoms with van der Waals surface area (Å²) in [6.45, 7) is 0. The van der Waals surface area contributed by atoms with E-state index in [0.29, 0.717) is 5.56 Å². The molecule has 0 saturated carbocycles. The molecule has 0 atom stereocenters. The lowest BCUT2D eigenvalue weighted by Crippen LogP contribution is -1.80. The number of rotatable bonds is 1. The summed E-state index contributed by atoms with van der Waals surface area (Å²) in [5.41, 5.74) is 0.545. The number of nitrogens with zero attached hydrogens (tertiary/aromatic N) is 2. The van der Waals surface area contributed by atoms with Crippen LogP contribution in [-0.2, 0) is 0 Å². The molecule has 0 aliphatic rings. The molecular formula is C12H5FN2S. The molecule has 16 heavy (non-hydrogen) atoms. The van der Waals surface area contributed by atoms with Gasteiger partial charge >= 0.3 is 0 Å². The third-order valence-electron chi connectivity index (χ3n) is 2.09. The van der Waals surface area contributed by atoms with E-state index in [9.17, 15) is 4.39 Å². The minimum atomic E-state index is -0.368. The van der Waals surface area contributed by atoms with Gasteiger partial charge in [-0.15, -0.1) is 11.3 Å². The van der Waals surface area contributed by atoms with Gasteiger partial charge in [-0.2, -0.15) is 10.5 Å². The van der Waals surface area contributed by atoms with E-state index in [-0.39, 0.29) is 11.4 Å². The summed E-state index contributed by atoms with van der Waals surface area (Å²) < 4.78 is 14.1. The second-order valence-electron chi connectivity index (χ2n) is 3.12. The van der Waals surface area contributed by atoms with Gasteiger partial charge < -0.3 is 0 Å². The van der Waals surface area contributed by atoms with Gasteiger partial charge in [-0.1, -0.05) is 0 Å². The number of nitriles is 2. The first kappa shape index (κ1) is 10.4. The van der Waals surface area contributed by atoms with Gasteiger partial charge in [-0.05, 0) is 40.6 Å². The van der Waals surface area contributed by atoms with Crippen LogP contribution in [0.3, 0.4) is 0 Å². The van der Waals surface area contributed by atoms with E-state index in [1.165, 1.54) is 29.5 Å². The normalized spacial score (nSPS) is 9.44. The Kier molecular flexibility index (Phi) is 2.68. The number of benzene rings is 1. The quantitative estimate of drug-likeness (QED) is 0.701. The first-order valence-electron chi connectivity index (χ1n) is 4.43. The molecule has 0 spiro atoms.